The van der Waals surface area contributed by atoms with Crippen LogP contribution < -0.4 is 10.6 Å². The number of carbonyl (C=O) groups excluding carboxylic acids is 1. The molecule has 118 valence electrons. The summed E-state index contributed by atoms with van der Waals surface area (Å²) in [6.45, 7) is 6.41. The highest BCUT2D eigenvalue weighted by Gasteiger charge is 2.32. The fourth-order valence-corrected chi connectivity index (χ4v) is 5.21. The Kier molecular flexibility index (Phi) is 4.32. The van der Waals surface area contributed by atoms with Gasteiger partial charge in [-0.05, 0) is 13.8 Å². The number of hydrogen-bond donors (Lipinski definition) is 1. The number of anilines is 2. The molecule has 0 bridgehead atoms. The topological polar surface area (TPSA) is 89.7 Å². The lowest BCUT2D eigenvalue weighted by atomic mass is 10.2. The standard InChI is InChI=1S/C13H20N2O4S2/c1-7-5-15(6-8(2)19-7)13-12(21(4,17)18)10(14)11(20-13)9(3)16/h7-8H,5-6,14H2,1-4H3/t7-,8+. The number of nitrogen functional groups attached to an aromatic ring is 1. The smallest absolute Gasteiger partial charge is 0.180 e. The molecule has 1 aliphatic heterocycles. The maximum atomic E-state index is 12.1. The molecule has 0 radical (unpaired) electrons. The normalized spacial score (nSPS) is 23.3. The molecule has 1 fully saturated rings. The minimum Gasteiger partial charge on any atom is -0.396 e. The van der Waals surface area contributed by atoms with Crippen LogP contribution in [0.15, 0.2) is 4.90 Å². The van der Waals surface area contributed by atoms with E-state index in [9.17, 15) is 13.2 Å². The highest BCUT2D eigenvalue weighted by Crippen LogP contribution is 2.42. The summed E-state index contributed by atoms with van der Waals surface area (Å²) in [4.78, 5) is 14.0. The average molecular weight is 332 g/mol. The Hall–Kier alpha value is -1.12. The molecule has 6 nitrogen and oxygen atoms in total. The number of thiophene rings is 1. The van der Waals surface area contributed by atoms with Gasteiger partial charge in [-0.2, -0.15) is 0 Å². The molecule has 8 heteroatoms. The number of Topliss-reactive ketones (excluding diaryl/α,β-unsaturated/α-hetero) is 1. The molecule has 1 aromatic rings. The zero-order chi connectivity index (χ0) is 15.9. The highest BCUT2D eigenvalue weighted by molar-refractivity contribution is 7.91. The van der Waals surface area contributed by atoms with Crippen LogP contribution in [0.25, 0.3) is 0 Å². The Bertz CT molecular complexity index is 656. The third-order valence-electron chi connectivity index (χ3n) is 3.28. The first-order chi connectivity index (χ1) is 9.61. The number of hydrogen-bond acceptors (Lipinski definition) is 7. The van der Waals surface area contributed by atoms with Crippen molar-refractivity contribution in [2.45, 2.75) is 37.9 Å². The molecule has 0 spiro atoms. The van der Waals surface area contributed by atoms with Gasteiger partial charge in [0.1, 0.15) is 9.90 Å². The van der Waals surface area contributed by atoms with E-state index in [4.69, 9.17) is 10.5 Å². The molecule has 21 heavy (non-hydrogen) atoms. The van der Waals surface area contributed by atoms with E-state index in [1.165, 1.54) is 6.92 Å². The Morgan fingerprint density at radius 2 is 1.86 bits per heavy atom. The van der Waals surface area contributed by atoms with Gasteiger partial charge < -0.3 is 15.4 Å². The summed E-state index contributed by atoms with van der Waals surface area (Å²) >= 11 is 1.15. The van der Waals surface area contributed by atoms with Gasteiger partial charge in [0.05, 0.1) is 22.8 Å². The van der Waals surface area contributed by atoms with Gasteiger partial charge in [0.2, 0.25) is 0 Å². The Balaban J connectivity index is 2.57. The molecule has 1 aliphatic rings. The van der Waals surface area contributed by atoms with Crippen molar-refractivity contribution in [3.05, 3.63) is 4.88 Å². The van der Waals surface area contributed by atoms with E-state index in [2.05, 4.69) is 0 Å². The van der Waals surface area contributed by atoms with Gasteiger partial charge in [0.25, 0.3) is 0 Å². The summed E-state index contributed by atoms with van der Waals surface area (Å²) in [5.41, 5.74) is 5.99. The van der Waals surface area contributed by atoms with Crippen LogP contribution in [0.3, 0.4) is 0 Å². The van der Waals surface area contributed by atoms with Gasteiger partial charge >= 0.3 is 0 Å². The molecule has 0 saturated carbocycles. The summed E-state index contributed by atoms with van der Waals surface area (Å²) in [5.74, 6) is -0.219. The number of nitrogens with two attached hydrogens (primary N) is 1. The molecule has 1 saturated heterocycles. The van der Waals surface area contributed by atoms with E-state index in [-0.39, 0.29) is 28.6 Å². The lowest BCUT2D eigenvalue weighted by Crippen LogP contribution is -2.45. The van der Waals surface area contributed by atoms with Gasteiger partial charge in [-0.25, -0.2) is 8.42 Å². The molecule has 0 aromatic carbocycles. The number of nitrogens with zero attached hydrogens (tertiary/aromatic N) is 1. The van der Waals surface area contributed by atoms with Gasteiger partial charge in [-0.15, -0.1) is 11.3 Å². The second-order valence-electron chi connectivity index (χ2n) is 5.47. The number of morpholine rings is 1. The number of sulfone groups is 1. The lowest BCUT2D eigenvalue weighted by Gasteiger charge is -2.36. The summed E-state index contributed by atoms with van der Waals surface area (Å²) in [6, 6.07) is 0. The predicted octanol–water partition coefficient (Wildman–Crippen LogP) is 1.55. The van der Waals surface area contributed by atoms with Crippen LogP contribution in [0.2, 0.25) is 0 Å². The third-order valence-corrected chi connectivity index (χ3v) is 5.93. The van der Waals surface area contributed by atoms with Crippen molar-refractivity contribution in [1.29, 1.82) is 0 Å². The van der Waals surface area contributed by atoms with Gasteiger partial charge in [-0.1, -0.05) is 0 Å². The van der Waals surface area contributed by atoms with Crippen molar-refractivity contribution >= 4 is 37.6 Å². The lowest BCUT2D eigenvalue weighted by molar-refractivity contribution is -0.00515. The van der Waals surface area contributed by atoms with Crippen LogP contribution in [0.5, 0.6) is 0 Å². The first-order valence-corrected chi connectivity index (χ1v) is 9.35. The molecule has 2 atom stereocenters. The van der Waals surface area contributed by atoms with Crippen molar-refractivity contribution < 1.29 is 17.9 Å². The van der Waals surface area contributed by atoms with Gasteiger partial charge in [0.15, 0.2) is 15.6 Å². The predicted molar refractivity (Wildman–Crippen MR) is 84.1 cm³/mol. The largest absolute Gasteiger partial charge is 0.396 e. The first-order valence-electron chi connectivity index (χ1n) is 6.65. The van der Waals surface area contributed by atoms with Gasteiger partial charge in [-0.3, -0.25) is 4.79 Å². The fraction of sp³-hybridized carbons (Fsp3) is 0.615. The van der Waals surface area contributed by atoms with E-state index >= 15 is 0 Å². The molecule has 2 N–H and O–H groups in total. The third kappa shape index (κ3) is 3.22. The van der Waals surface area contributed by atoms with Crippen LogP contribution in [0.1, 0.15) is 30.4 Å². The van der Waals surface area contributed by atoms with E-state index in [1.807, 2.05) is 18.7 Å². The van der Waals surface area contributed by atoms with Crippen LogP contribution >= 0.6 is 11.3 Å². The maximum Gasteiger partial charge on any atom is 0.180 e. The quantitative estimate of drug-likeness (QED) is 0.845. The molecule has 0 aliphatic carbocycles. The second kappa shape index (κ2) is 5.58. The number of ether oxygens (including phenoxy) is 1. The molecule has 0 amide bonds. The minimum atomic E-state index is -3.51. The Morgan fingerprint density at radius 1 is 1.33 bits per heavy atom. The number of carbonyl (C=O) groups is 1. The highest BCUT2D eigenvalue weighted by atomic mass is 32.2. The minimum absolute atomic E-state index is 0.00902. The van der Waals surface area contributed by atoms with Crippen molar-refractivity contribution in [2.24, 2.45) is 0 Å². The SMILES string of the molecule is CC(=O)c1sc(N2C[C@@H](C)O[C@@H](C)C2)c(S(C)(=O)=O)c1N. The van der Waals surface area contributed by atoms with Crippen LogP contribution in [-0.2, 0) is 14.6 Å². The fourth-order valence-electron chi connectivity index (χ4n) is 2.59. The van der Waals surface area contributed by atoms with Crippen molar-refractivity contribution in [2.75, 3.05) is 30.0 Å². The summed E-state index contributed by atoms with van der Waals surface area (Å²) in [7, 11) is -3.51. The van der Waals surface area contributed by atoms with Crippen LogP contribution in [-0.4, -0.2) is 45.8 Å². The molecule has 0 unspecified atom stereocenters. The number of ketones is 1. The molecular formula is C13H20N2O4S2. The van der Waals surface area contributed by atoms with Crippen LogP contribution in [0.4, 0.5) is 10.7 Å². The molecule has 1 aromatic heterocycles. The zero-order valence-corrected chi connectivity index (χ0v) is 14.2. The van der Waals surface area contributed by atoms with E-state index < -0.39 is 9.84 Å². The Labute approximate surface area is 128 Å². The first kappa shape index (κ1) is 16.3. The average Bonchev–Trinajstić information content (AvgIpc) is 2.65. The van der Waals surface area contributed by atoms with E-state index in [0.717, 1.165) is 17.6 Å². The van der Waals surface area contributed by atoms with Crippen LogP contribution in [0, 0.1) is 0 Å². The van der Waals surface area contributed by atoms with Crippen molar-refractivity contribution in [1.82, 2.24) is 0 Å². The van der Waals surface area contributed by atoms with Crippen molar-refractivity contribution in [3.8, 4) is 0 Å². The zero-order valence-electron chi connectivity index (χ0n) is 12.5. The summed E-state index contributed by atoms with van der Waals surface area (Å²) < 4.78 is 29.8. The van der Waals surface area contributed by atoms with E-state index in [0.29, 0.717) is 23.0 Å². The molecule has 2 rings (SSSR count). The number of rotatable bonds is 3. The Morgan fingerprint density at radius 3 is 2.29 bits per heavy atom. The molecule has 2 heterocycles. The second-order valence-corrected chi connectivity index (χ2v) is 8.42. The van der Waals surface area contributed by atoms with Gasteiger partial charge in [0, 0.05) is 26.3 Å². The summed E-state index contributed by atoms with van der Waals surface area (Å²) in [5, 5.41) is 0.544. The monoisotopic (exact) mass is 332 g/mol. The summed E-state index contributed by atoms with van der Waals surface area (Å²) in [6.07, 6.45) is 1.10. The molecular weight excluding hydrogens is 312 g/mol. The maximum absolute atomic E-state index is 12.1. The van der Waals surface area contributed by atoms with Crippen molar-refractivity contribution in [3.63, 3.8) is 0 Å². The van der Waals surface area contributed by atoms with E-state index in [1.54, 1.807) is 0 Å².